The number of amides is 1. The molecular formula is C14H17Cl2N3OS. The highest BCUT2D eigenvalue weighted by Crippen LogP contribution is 2.26. The highest BCUT2D eigenvalue weighted by Gasteiger charge is 2.18. The molecule has 0 radical (unpaired) electrons. The van der Waals surface area contributed by atoms with Crippen molar-refractivity contribution in [2.45, 2.75) is 19.9 Å². The van der Waals surface area contributed by atoms with Crippen LogP contribution in [0.3, 0.4) is 0 Å². The van der Waals surface area contributed by atoms with E-state index in [4.69, 9.17) is 17.3 Å². The molecule has 0 aliphatic rings. The fraction of sp³-hybridized carbons (Fsp3) is 0.286. The van der Waals surface area contributed by atoms with Crippen LogP contribution in [0.5, 0.6) is 0 Å². The summed E-state index contributed by atoms with van der Waals surface area (Å²) in [5.41, 5.74) is 7.56. The van der Waals surface area contributed by atoms with Crippen molar-refractivity contribution in [2.75, 3.05) is 5.32 Å². The Labute approximate surface area is 139 Å². The molecule has 7 heteroatoms. The van der Waals surface area contributed by atoms with E-state index >= 15 is 0 Å². The van der Waals surface area contributed by atoms with Gasteiger partial charge in [0.1, 0.15) is 0 Å². The Balaban J connectivity index is 0.00000220. The molecule has 0 unspecified atom stereocenters. The number of nitrogens with two attached hydrogens (primary N) is 1. The van der Waals surface area contributed by atoms with Gasteiger partial charge in [0.2, 0.25) is 5.91 Å². The van der Waals surface area contributed by atoms with E-state index in [-0.39, 0.29) is 24.2 Å². The van der Waals surface area contributed by atoms with Gasteiger partial charge < -0.3 is 11.1 Å². The molecule has 3 N–H and O–H groups in total. The molecule has 21 heavy (non-hydrogen) atoms. The summed E-state index contributed by atoms with van der Waals surface area (Å²) in [6.45, 7) is 3.82. The van der Waals surface area contributed by atoms with Crippen LogP contribution in [0, 0.1) is 5.92 Å². The Kier molecular flexibility index (Phi) is 6.61. The maximum Gasteiger partial charge on any atom is 0.243 e. The van der Waals surface area contributed by atoms with E-state index in [1.165, 1.54) is 11.3 Å². The number of carbonyl (C=O) groups is 1. The molecule has 0 spiro atoms. The largest absolute Gasteiger partial charge is 0.320 e. The topological polar surface area (TPSA) is 68.0 Å². The van der Waals surface area contributed by atoms with Gasteiger partial charge in [0, 0.05) is 16.0 Å². The van der Waals surface area contributed by atoms with E-state index in [9.17, 15) is 4.79 Å². The number of rotatable bonds is 4. The second-order valence-electron chi connectivity index (χ2n) is 4.80. The quantitative estimate of drug-likeness (QED) is 0.885. The molecule has 1 amide bonds. The minimum absolute atomic E-state index is 0. The first-order valence-electron chi connectivity index (χ1n) is 6.25. The Morgan fingerprint density at radius 2 is 1.95 bits per heavy atom. The summed E-state index contributed by atoms with van der Waals surface area (Å²) in [4.78, 5) is 16.2. The Morgan fingerprint density at radius 1 is 1.33 bits per heavy atom. The third-order valence-electron chi connectivity index (χ3n) is 2.90. The van der Waals surface area contributed by atoms with E-state index in [2.05, 4.69) is 10.3 Å². The maximum absolute atomic E-state index is 11.9. The molecule has 0 saturated heterocycles. The molecule has 1 aromatic carbocycles. The minimum Gasteiger partial charge on any atom is -0.320 e. The van der Waals surface area contributed by atoms with Crippen molar-refractivity contribution in [2.24, 2.45) is 11.7 Å². The highest BCUT2D eigenvalue weighted by molar-refractivity contribution is 7.14. The van der Waals surface area contributed by atoms with Gasteiger partial charge in [-0.3, -0.25) is 4.79 Å². The lowest BCUT2D eigenvalue weighted by Gasteiger charge is -2.13. The first kappa shape index (κ1) is 17.9. The van der Waals surface area contributed by atoms with Crippen LogP contribution in [-0.2, 0) is 4.79 Å². The molecular weight excluding hydrogens is 329 g/mol. The standard InChI is InChI=1S/C14H16ClN3OS.ClH/c1-8(2)12(16)13(19)18-14-17-11(7-20-14)9-3-5-10(15)6-4-9;/h3-8,12H,16H2,1-2H3,(H,17,18,19);1H/t12-;/m0./s1. The van der Waals surface area contributed by atoms with Crippen LogP contribution < -0.4 is 11.1 Å². The molecule has 4 nitrogen and oxygen atoms in total. The van der Waals surface area contributed by atoms with E-state index in [0.29, 0.717) is 10.2 Å². The first-order valence-corrected chi connectivity index (χ1v) is 7.51. The second-order valence-corrected chi connectivity index (χ2v) is 6.10. The summed E-state index contributed by atoms with van der Waals surface area (Å²) in [6.07, 6.45) is 0. The average Bonchev–Trinajstić information content (AvgIpc) is 2.87. The number of carbonyl (C=O) groups excluding carboxylic acids is 1. The predicted molar refractivity (Wildman–Crippen MR) is 91.3 cm³/mol. The molecule has 1 atom stereocenters. The van der Waals surface area contributed by atoms with Crippen LogP contribution in [0.2, 0.25) is 5.02 Å². The average molecular weight is 346 g/mol. The van der Waals surface area contributed by atoms with E-state index < -0.39 is 6.04 Å². The van der Waals surface area contributed by atoms with Crippen LogP contribution in [0.1, 0.15) is 13.8 Å². The molecule has 0 saturated carbocycles. The molecule has 2 aromatic rings. The zero-order valence-corrected chi connectivity index (χ0v) is 14.1. The summed E-state index contributed by atoms with van der Waals surface area (Å²) in [7, 11) is 0. The number of nitrogens with zero attached hydrogens (tertiary/aromatic N) is 1. The molecule has 0 aliphatic heterocycles. The number of thiazole rings is 1. The van der Waals surface area contributed by atoms with Gasteiger partial charge in [-0.1, -0.05) is 37.6 Å². The number of hydrogen-bond donors (Lipinski definition) is 2. The molecule has 114 valence electrons. The lowest BCUT2D eigenvalue weighted by molar-refractivity contribution is -0.118. The summed E-state index contributed by atoms with van der Waals surface area (Å²) >= 11 is 7.22. The van der Waals surface area contributed by atoms with E-state index in [1.807, 2.05) is 43.5 Å². The monoisotopic (exact) mass is 345 g/mol. The van der Waals surface area contributed by atoms with Gasteiger partial charge in [-0.2, -0.15) is 0 Å². The second kappa shape index (κ2) is 7.75. The van der Waals surface area contributed by atoms with Crippen molar-refractivity contribution in [3.05, 3.63) is 34.7 Å². The number of anilines is 1. The summed E-state index contributed by atoms with van der Waals surface area (Å²) in [6, 6.07) is 6.87. The van der Waals surface area contributed by atoms with Crippen LogP contribution in [0.4, 0.5) is 5.13 Å². The van der Waals surface area contributed by atoms with Crippen molar-refractivity contribution in [3.8, 4) is 11.3 Å². The smallest absolute Gasteiger partial charge is 0.243 e. The SMILES string of the molecule is CC(C)[C@H](N)C(=O)Nc1nc(-c2ccc(Cl)cc2)cs1.Cl. The van der Waals surface area contributed by atoms with E-state index in [1.54, 1.807) is 0 Å². The molecule has 0 fully saturated rings. The molecule has 1 aromatic heterocycles. The number of nitrogens with one attached hydrogen (secondary N) is 1. The van der Waals surface area contributed by atoms with Gasteiger partial charge >= 0.3 is 0 Å². The van der Waals surface area contributed by atoms with Crippen molar-refractivity contribution in [1.82, 2.24) is 4.98 Å². The summed E-state index contributed by atoms with van der Waals surface area (Å²) in [5.74, 6) is -0.122. The van der Waals surface area contributed by atoms with Crippen LogP contribution in [0.15, 0.2) is 29.6 Å². The van der Waals surface area contributed by atoms with Crippen molar-refractivity contribution in [3.63, 3.8) is 0 Å². The highest BCUT2D eigenvalue weighted by atomic mass is 35.5. The Bertz CT molecular complexity index is 599. The summed E-state index contributed by atoms with van der Waals surface area (Å²) in [5, 5.41) is 5.86. The zero-order chi connectivity index (χ0) is 14.7. The fourth-order valence-corrected chi connectivity index (χ4v) is 2.42. The van der Waals surface area contributed by atoms with Crippen molar-refractivity contribution in [1.29, 1.82) is 0 Å². The van der Waals surface area contributed by atoms with Crippen molar-refractivity contribution >= 4 is 46.4 Å². The van der Waals surface area contributed by atoms with Gasteiger partial charge in [-0.15, -0.1) is 23.7 Å². The predicted octanol–water partition coefficient (Wildman–Crippen LogP) is 3.81. The molecule has 2 rings (SSSR count). The first-order chi connectivity index (χ1) is 9.47. The third kappa shape index (κ3) is 4.68. The zero-order valence-electron chi connectivity index (χ0n) is 11.7. The Hall–Kier alpha value is -1.14. The molecule has 0 aliphatic carbocycles. The number of hydrogen-bond acceptors (Lipinski definition) is 4. The minimum atomic E-state index is -0.530. The third-order valence-corrected chi connectivity index (χ3v) is 3.90. The number of aromatic nitrogens is 1. The van der Waals surface area contributed by atoms with E-state index in [0.717, 1.165) is 11.3 Å². The molecule has 0 bridgehead atoms. The summed E-state index contributed by atoms with van der Waals surface area (Å²) < 4.78 is 0. The van der Waals surface area contributed by atoms with Gasteiger partial charge in [-0.05, 0) is 18.1 Å². The normalized spacial score (nSPS) is 11.9. The number of halogens is 2. The molecule has 1 heterocycles. The van der Waals surface area contributed by atoms with Gasteiger partial charge in [0.05, 0.1) is 11.7 Å². The van der Waals surface area contributed by atoms with Crippen LogP contribution in [0.25, 0.3) is 11.3 Å². The van der Waals surface area contributed by atoms with Gasteiger partial charge in [0.25, 0.3) is 0 Å². The lowest BCUT2D eigenvalue weighted by Crippen LogP contribution is -2.39. The number of benzene rings is 1. The van der Waals surface area contributed by atoms with Crippen molar-refractivity contribution < 1.29 is 4.79 Å². The Morgan fingerprint density at radius 3 is 2.52 bits per heavy atom. The van der Waals surface area contributed by atoms with Gasteiger partial charge in [0.15, 0.2) is 5.13 Å². The maximum atomic E-state index is 11.9. The van der Waals surface area contributed by atoms with Gasteiger partial charge in [-0.25, -0.2) is 4.98 Å². The van der Waals surface area contributed by atoms with Crippen LogP contribution >= 0.6 is 35.3 Å². The van der Waals surface area contributed by atoms with Crippen LogP contribution in [-0.4, -0.2) is 16.9 Å². The lowest BCUT2D eigenvalue weighted by atomic mass is 10.1. The fourth-order valence-electron chi connectivity index (χ4n) is 1.58.